The van der Waals surface area contributed by atoms with E-state index in [1.165, 1.54) is 0 Å². The van der Waals surface area contributed by atoms with Crippen LogP contribution < -0.4 is 19.1 Å². The third kappa shape index (κ3) is 3.74. The summed E-state index contributed by atoms with van der Waals surface area (Å²) < 4.78 is 17.4. The van der Waals surface area contributed by atoms with E-state index in [1.54, 1.807) is 23.4 Å². The van der Waals surface area contributed by atoms with E-state index in [9.17, 15) is 4.79 Å². The Hall–Kier alpha value is -3.03. The molecule has 4 rings (SSSR count). The highest BCUT2D eigenvalue weighted by Gasteiger charge is 2.35. The van der Waals surface area contributed by atoms with Crippen LogP contribution in [0.15, 0.2) is 36.7 Å². The normalized spacial score (nSPS) is 21.0. The van der Waals surface area contributed by atoms with E-state index in [-0.39, 0.29) is 18.6 Å². The number of benzene rings is 1. The number of anilines is 1. The van der Waals surface area contributed by atoms with Gasteiger partial charge in [0.1, 0.15) is 12.7 Å². The molecule has 2 atom stereocenters. The number of hydrogen-bond acceptors (Lipinski definition) is 7. The number of likely N-dealkylation sites (tertiary alicyclic amines) is 1. The van der Waals surface area contributed by atoms with Gasteiger partial charge < -0.3 is 24.0 Å². The largest absolute Gasteiger partial charge is 0.485 e. The van der Waals surface area contributed by atoms with Crippen molar-refractivity contribution in [2.45, 2.75) is 18.6 Å². The third-order valence-corrected chi connectivity index (χ3v) is 4.59. The van der Waals surface area contributed by atoms with Crippen molar-refractivity contribution < 1.29 is 19.0 Å². The monoisotopic (exact) mass is 370 g/mol. The van der Waals surface area contributed by atoms with Crippen molar-refractivity contribution >= 4 is 11.7 Å². The van der Waals surface area contributed by atoms with Gasteiger partial charge in [-0.25, -0.2) is 0 Å². The Labute approximate surface area is 157 Å². The summed E-state index contributed by atoms with van der Waals surface area (Å²) in [6.07, 6.45) is 3.26. The molecule has 3 heterocycles. The Morgan fingerprint density at radius 3 is 2.89 bits per heavy atom. The van der Waals surface area contributed by atoms with Crippen LogP contribution in [0.2, 0.25) is 0 Å². The minimum atomic E-state index is -0.629. The van der Waals surface area contributed by atoms with Gasteiger partial charge in [0, 0.05) is 27.1 Å². The van der Waals surface area contributed by atoms with Crippen LogP contribution in [0.5, 0.6) is 17.4 Å². The Kier molecular flexibility index (Phi) is 4.70. The van der Waals surface area contributed by atoms with E-state index >= 15 is 0 Å². The Morgan fingerprint density at radius 1 is 1.26 bits per heavy atom. The maximum absolute atomic E-state index is 12.8. The lowest BCUT2D eigenvalue weighted by atomic mass is 10.2. The lowest BCUT2D eigenvalue weighted by Gasteiger charge is -2.28. The first kappa shape index (κ1) is 17.4. The number of hydrogen-bond donors (Lipinski definition) is 0. The van der Waals surface area contributed by atoms with Crippen LogP contribution in [0.3, 0.4) is 0 Å². The average Bonchev–Trinajstić information content (AvgIpc) is 3.15. The predicted molar refractivity (Wildman–Crippen MR) is 98.3 cm³/mol. The Balaban J connectivity index is 1.36. The molecule has 142 valence electrons. The van der Waals surface area contributed by atoms with Crippen LogP contribution >= 0.6 is 0 Å². The zero-order chi connectivity index (χ0) is 18.8. The van der Waals surface area contributed by atoms with Gasteiger partial charge in [0.05, 0.1) is 18.9 Å². The number of ether oxygens (including phenoxy) is 3. The van der Waals surface area contributed by atoms with Gasteiger partial charge in [-0.05, 0) is 12.1 Å². The first-order chi connectivity index (χ1) is 13.1. The van der Waals surface area contributed by atoms with Crippen molar-refractivity contribution in [1.29, 1.82) is 0 Å². The van der Waals surface area contributed by atoms with Gasteiger partial charge in [0.25, 0.3) is 5.91 Å². The molecule has 2 aliphatic rings. The summed E-state index contributed by atoms with van der Waals surface area (Å²) in [5, 5.41) is 0. The number of fused-ring (bicyclic) bond motifs is 1. The maximum atomic E-state index is 12.8. The number of carbonyl (C=O) groups is 1. The van der Waals surface area contributed by atoms with Crippen molar-refractivity contribution in [2.75, 3.05) is 38.7 Å². The number of nitrogens with zero attached hydrogens (tertiary/aromatic N) is 4. The zero-order valence-corrected chi connectivity index (χ0v) is 15.4. The van der Waals surface area contributed by atoms with Crippen LogP contribution in [0.1, 0.15) is 6.42 Å². The van der Waals surface area contributed by atoms with Crippen molar-refractivity contribution in [3.05, 3.63) is 36.7 Å². The summed E-state index contributed by atoms with van der Waals surface area (Å²) in [6.45, 7) is 1.33. The van der Waals surface area contributed by atoms with Crippen LogP contribution in [-0.4, -0.2) is 66.8 Å². The van der Waals surface area contributed by atoms with Gasteiger partial charge in [-0.2, -0.15) is 4.98 Å². The molecule has 8 heteroatoms. The Bertz CT molecular complexity index is 829. The highest BCUT2D eigenvalue weighted by Crippen LogP contribution is 2.31. The molecule has 0 spiro atoms. The van der Waals surface area contributed by atoms with Gasteiger partial charge in [-0.15, -0.1) is 0 Å². The first-order valence-corrected chi connectivity index (χ1v) is 8.93. The van der Waals surface area contributed by atoms with E-state index < -0.39 is 6.10 Å². The molecule has 0 saturated carbocycles. The SMILES string of the molecule is CN(C)c1cncc(OC2CCN(C(=O)C3COc4ccccc4O3)C2)n1. The fraction of sp³-hybridized carbons (Fsp3) is 0.421. The van der Waals surface area contributed by atoms with Crippen molar-refractivity contribution in [1.82, 2.24) is 14.9 Å². The molecule has 1 aromatic heterocycles. The molecular weight excluding hydrogens is 348 g/mol. The molecule has 0 radical (unpaired) electrons. The zero-order valence-electron chi connectivity index (χ0n) is 15.4. The van der Waals surface area contributed by atoms with Crippen LogP contribution in [0.25, 0.3) is 0 Å². The minimum absolute atomic E-state index is 0.0799. The lowest BCUT2D eigenvalue weighted by molar-refractivity contribution is -0.140. The topological polar surface area (TPSA) is 77.0 Å². The fourth-order valence-electron chi connectivity index (χ4n) is 3.15. The smallest absolute Gasteiger partial charge is 0.267 e. The number of para-hydroxylation sites is 2. The molecule has 2 unspecified atom stereocenters. The van der Waals surface area contributed by atoms with Crippen molar-refractivity contribution in [2.24, 2.45) is 0 Å². The standard InChI is InChI=1S/C19H22N4O4/c1-22(2)17-9-20-10-18(21-17)26-13-7-8-23(11-13)19(24)16-12-25-14-5-3-4-6-15(14)27-16/h3-6,9-10,13,16H,7-8,11-12H2,1-2H3. The third-order valence-electron chi connectivity index (χ3n) is 4.59. The second-order valence-electron chi connectivity index (χ2n) is 6.79. The van der Waals surface area contributed by atoms with Crippen molar-refractivity contribution in [3.63, 3.8) is 0 Å². The van der Waals surface area contributed by atoms with Gasteiger partial charge in [0.2, 0.25) is 12.0 Å². The van der Waals surface area contributed by atoms with E-state index in [2.05, 4.69) is 9.97 Å². The van der Waals surface area contributed by atoms with E-state index in [0.29, 0.717) is 30.5 Å². The molecule has 27 heavy (non-hydrogen) atoms. The van der Waals surface area contributed by atoms with E-state index in [1.807, 2.05) is 37.2 Å². The molecule has 0 bridgehead atoms. The summed E-state index contributed by atoms with van der Waals surface area (Å²) in [7, 11) is 3.79. The molecule has 0 N–H and O–H groups in total. The summed E-state index contributed by atoms with van der Waals surface area (Å²) in [4.78, 5) is 25.0. The van der Waals surface area contributed by atoms with Gasteiger partial charge in [0.15, 0.2) is 17.3 Å². The van der Waals surface area contributed by atoms with Gasteiger partial charge in [-0.3, -0.25) is 9.78 Å². The first-order valence-electron chi connectivity index (χ1n) is 8.93. The van der Waals surface area contributed by atoms with Gasteiger partial charge >= 0.3 is 0 Å². The molecule has 1 fully saturated rings. The lowest BCUT2D eigenvalue weighted by Crippen LogP contribution is -2.46. The summed E-state index contributed by atoms with van der Waals surface area (Å²) in [6, 6.07) is 7.37. The predicted octanol–water partition coefficient (Wildman–Crippen LogP) is 1.36. The molecule has 0 aliphatic carbocycles. The van der Waals surface area contributed by atoms with Crippen molar-refractivity contribution in [3.8, 4) is 17.4 Å². The van der Waals surface area contributed by atoms with Crippen LogP contribution in [-0.2, 0) is 4.79 Å². The minimum Gasteiger partial charge on any atom is -0.485 e. The molecule has 2 aliphatic heterocycles. The average molecular weight is 370 g/mol. The maximum Gasteiger partial charge on any atom is 0.267 e. The van der Waals surface area contributed by atoms with Gasteiger partial charge in [-0.1, -0.05) is 12.1 Å². The number of rotatable bonds is 4. The molecule has 2 aromatic rings. The summed E-state index contributed by atoms with van der Waals surface area (Å²) in [5.74, 6) is 2.38. The van der Waals surface area contributed by atoms with Crippen LogP contribution in [0, 0.1) is 0 Å². The number of carbonyl (C=O) groups excluding carboxylic acids is 1. The summed E-state index contributed by atoms with van der Waals surface area (Å²) >= 11 is 0. The van der Waals surface area contributed by atoms with E-state index in [0.717, 1.165) is 12.2 Å². The number of aromatic nitrogens is 2. The molecular formula is C19H22N4O4. The molecule has 1 amide bonds. The highest BCUT2D eigenvalue weighted by atomic mass is 16.6. The number of amides is 1. The molecule has 1 aromatic carbocycles. The molecule has 8 nitrogen and oxygen atoms in total. The molecule has 1 saturated heterocycles. The van der Waals surface area contributed by atoms with Crippen LogP contribution in [0.4, 0.5) is 5.82 Å². The highest BCUT2D eigenvalue weighted by molar-refractivity contribution is 5.82. The quantitative estimate of drug-likeness (QED) is 0.804. The summed E-state index contributed by atoms with van der Waals surface area (Å²) in [5.41, 5.74) is 0. The fourth-order valence-corrected chi connectivity index (χ4v) is 3.15. The second kappa shape index (κ2) is 7.30. The van der Waals surface area contributed by atoms with E-state index in [4.69, 9.17) is 14.2 Å². The Morgan fingerprint density at radius 2 is 2.07 bits per heavy atom. The second-order valence-corrected chi connectivity index (χ2v) is 6.79.